The van der Waals surface area contributed by atoms with Crippen molar-refractivity contribution >= 4 is 49.2 Å². The van der Waals surface area contributed by atoms with Gasteiger partial charge in [-0.25, -0.2) is 24.2 Å². The van der Waals surface area contributed by atoms with Crippen LogP contribution in [0.2, 0.25) is 5.02 Å². The normalized spacial score (nSPS) is 11.2. The Balaban J connectivity index is 2.30. The molecule has 0 spiro atoms. The van der Waals surface area contributed by atoms with Gasteiger partial charge in [0.05, 0.1) is 5.02 Å². The van der Waals surface area contributed by atoms with Gasteiger partial charge in [0.25, 0.3) is 10.0 Å². The summed E-state index contributed by atoms with van der Waals surface area (Å²) in [6.07, 6.45) is 2.62. The molecule has 4 N–H and O–H groups in total. The first-order valence-electron chi connectivity index (χ1n) is 5.19. The molecular weight excluding hydrogens is 370 g/mol. The molecule has 0 amide bonds. The van der Waals surface area contributed by atoms with E-state index in [2.05, 4.69) is 36.0 Å². The third kappa shape index (κ3) is 3.37. The molecule has 0 aliphatic carbocycles. The predicted molar refractivity (Wildman–Crippen MR) is 79.8 cm³/mol. The van der Waals surface area contributed by atoms with Gasteiger partial charge in [0, 0.05) is 16.9 Å². The fraction of sp³-hybridized carbons (Fsp3) is 0. The highest BCUT2D eigenvalue weighted by molar-refractivity contribution is 9.10. The maximum Gasteiger partial charge on any atom is 0.264 e. The van der Waals surface area contributed by atoms with Crippen molar-refractivity contribution < 1.29 is 8.42 Å². The largest absolute Gasteiger partial charge is 0.307 e. The second-order valence-electron chi connectivity index (χ2n) is 3.61. The molecule has 0 atom stereocenters. The van der Waals surface area contributed by atoms with Gasteiger partial charge in [0.15, 0.2) is 5.82 Å². The number of hydrogen-bond acceptors (Lipinski definition) is 6. The van der Waals surface area contributed by atoms with Gasteiger partial charge < -0.3 is 5.43 Å². The van der Waals surface area contributed by atoms with E-state index in [0.717, 1.165) is 10.7 Å². The fourth-order valence-electron chi connectivity index (χ4n) is 1.31. The molecule has 0 fully saturated rings. The van der Waals surface area contributed by atoms with Crippen LogP contribution in [0.3, 0.4) is 0 Å². The van der Waals surface area contributed by atoms with E-state index in [1.807, 2.05) is 0 Å². The first-order valence-corrected chi connectivity index (χ1v) is 7.84. The lowest BCUT2D eigenvalue weighted by molar-refractivity contribution is 0.600. The summed E-state index contributed by atoms with van der Waals surface area (Å²) in [6, 6.07) is 4.43. The predicted octanol–water partition coefficient (Wildman–Crippen LogP) is 1.98. The van der Waals surface area contributed by atoms with Crippen molar-refractivity contribution in [1.29, 1.82) is 0 Å². The number of nitrogens with zero attached hydrogens (tertiary/aromatic N) is 2. The number of hydrogen-bond donors (Lipinski definition) is 3. The van der Waals surface area contributed by atoms with Gasteiger partial charge in [0.1, 0.15) is 10.7 Å². The molecule has 0 bridgehead atoms. The number of halogens is 2. The van der Waals surface area contributed by atoms with E-state index < -0.39 is 10.0 Å². The van der Waals surface area contributed by atoms with Crippen molar-refractivity contribution in [2.75, 3.05) is 10.1 Å². The number of rotatable bonds is 4. The molecule has 7 nitrogen and oxygen atoms in total. The zero-order valence-electron chi connectivity index (χ0n) is 9.84. The number of sulfonamides is 1. The van der Waals surface area contributed by atoms with Crippen LogP contribution in [0.1, 0.15) is 0 Å². The van der Waals surface area contributed by atoms with E-state index in [1.54, 1.807) is 6.07 Å². The minimum absolute atomic E-state index is 0.0915. The first kappa shape index (κ1) is 15.0. The second kappa shape index (κ2) is 5.92. The number of nitrogens with one attached hydrogen (secondary N) is 2. The van der Waals surface area contributed by atoms with Crippen LogP contribution in [-0.4, -0.2) is 18.4 Å². The lowest BCUT2D eigenvalue weighted by Gasteiger charge is -2.08. The molecule has 0 radical (unpaired) electrons. The monoisotopic (exact) mass is 377 g/mol. The van der Waals surface area contributed by atoms with Crippen molar-refractivity contribution in [3.05, 3.63) is 40.1 Å². The maximum absolute atomic E-state index is 12.1. The number of pyridine rings is 2. The van der Waals surface area contributed by atoms with Gasteiger partial charge in [-0.1, -0.05) is 11.6 Å². The van der Waals surface area contributed by atoms with Crippen LogP contribution in [-0.2, 0) is 10.0 Å². The van der Waals surface area contributed by atoms with Crippen molar-refractivity contribution in [2.45, 2.75) is 4.90 Å². The smallest absolute Gasteiger partial charge is 0.264 e. The van der Waals surface area contributed by atoms with Gasteiger partial charge in [-0.3, -0.25) is 4.72 Å². The Morgan fingerprint density at radius 3 is 2.55 bits per heavy atom. The van der Waals surface area contributed by atoms with Crippen LogP contribution < -0.4 is 16.0 Å². The molecule has 0 saturated heterocycles. The van der Waals surface area contributed by atoms with Crippen molar-refractivity contribution in [2.24, 2.45) is 5.84 Å². The van der Waals surface area contributed by atoms with E-state index in [4.69, 9.17) is 17.4 Å². The Labute approximate surface area is 128 Å². The molecule has 0 aliphatic heterocycles. The molecule has 0 aliphatic rings. The summed E-state index contributed by atoms with van der Waals surface area (Å²) in [6.45, 7) is 0. The molecule has 2 rings (SSSR count). The molecule has 0 saturated carbocycles. The summed E-state index contributed by atoms with van der Waals surface area (Å²) >= 11 is 9.05. The standard InChI is InChI=1S/C10H9BrClN5O2S/c11-6-1-2-9(14-4-6)17-20(18,19)7-3-8(12)10(16-13)15-5-7/h1-5H,13H2,(H,14,17)(H,15,16). The van der Waals surface area contributed by atoms with Crippen LogP contribution in [0.5, 0.6) is 0 Å². The minimum Gasteiger partial charge on any atom is -0.307 e. The lowest BCUT2D eigenvalue weighted by atomic mass is 10.5. The third-order valence-corrected chi connectivity index (χ3v) is 4.31. The van der Waals surface area contributed by atoms with Crippen molar-refractivity contribution in [3.8, 4) is 0 Å². The molecule has 10 heteroatoms. The minimum atomic E-state index is -3.82. The molecule has 0 aromatic carbocycles. The van der Waals surface area contributed by atoms with Gasteiger partial charge >= 0.3 is 0 Å². The summed E-state index contributed by atoms with van der Waals surface area (Å²) in [4.78, 5) is 7.63. The molecule has 2 heterocycles. The summed E-state index contributed by atoms with van der Waals surface area (Å²) in [5.74, 6) is 5.54. The summed E-state index contributed by atoms with van der Waals surface area (Å²) in [7, 11) is -3.82. The molecule has 2 aromatic rings. The molecule has 20 heavy (non-hydrogen) atoms. The SMILES string of the molecule is NNc1ncc(S(=O)(=O)Nc2ccc(Br)cn2)cc1Cl. The highest BCUT2D eigenvalue weighted by Gasteiger charge is 2.17. The molecular formula is C10H9BrClN5O2S. The van der Waals surface area contributed by atoms with E-state index in [0.29, 0.717) is 0 Å². The number of nitrogen functional groups attached to an aromatic ring is 1. The zero-order chi connectivity index (χ0) is 14.8. The lowest BCUT2D eigenvalue weighted by Crippen LogP contribution is -2.15. The maximum atomic E-state index is 12.1. The number of hydrazine groups is 1. The van der Waals surface area contributed by atoms with Crippen LogP contribution in [0.15, 0.2) is 40.0 Å². The van der Waals surface area contributed by atoms with E-state index in [1.165, 1.54) is 18.3 Å². The van der Waals surface area contributed by atoms with Crippen LogP contribution in [0.4, 0.5) is 11.6 Å². The van der Waals surface area contributed by atoms with Gasteiger partial charge in [-0.15, -0.1) is 0 Å². The summed E-state index contributed by atoms with van der Waals surface area (Å²) in [5.41, 5.74) is 2.25. The third-order valence-electron chi connectivity index (χ3n) is 2.23. The Kier molecular flexibility index (Phi) is 4.43. The summed E-state index contributed by atoms with van der Waals surface area (Å²) in [5, 5.41) is 0.0964. The second-order valence-corrected chi connectivity index (χ2v) is 6.62. The zero-order valence-corrected chi connectivity index (χ0v) is 13.0. The van der Waals surface area contributed by atoms with E-state index >= 15 is 0 Å². The van der Waals surface area contributed by atoms with Gasteiger partial charge in [0.2, 0.25) is 0 Å². The average molecular weight is 379 g/mol. The average Bonchev–Trinajstić information content (AvgIpc) is 2.41. The Morgan fingerprint density at radius 2 is 2.00 bits per heavy atom. The number of aromatic nitrogens is 2. The van der Waals surface area contributed by atoms with Crippen LogP contribution in [0, 0.1) is 0 Å². The molecule has 106 valence electrons. The highest BCUT2D eigenvalue weighted by Crippen LogP contribution is 2.23. The highest BCUT2D eigenvalue weighted by atomic mass is 79.9. The van der Waals surface area contributed by atoms with Crippen molar-refractivity contribution in [1.82, 2.24) is 9.97 Å². The van der Waals surface area contributed by atoms with Crippen molar-refractivity contribution in [3.63, 3.8) is 0 Å². The Morgan fingerprint density at radius 1 is 1.25 bits per heavy atom. The van der Waals surface area contributed by atoms with Crippen LogP contribution >= 0.6 is 27.5 Å². The molecule has 2 aromatic heterocycles. The van der Waals surface area contributed by atoms with E-state index in [-0.39, 0.29) is 21.6 Å². The fourth-order valence-corrected chi connectivity index (χ4v) is 2.80. The van der Waals surface area contributed by atoms with Gasteiger partial charge in [-0.2, -0.15) is 0 Å². The number of nitrogens with two attached hydrogens (primary N) is 1. The van der Waals surface area contributed by atoms with Crippen LogP contribution in [0.25, 0.3) is 0 Å². The topological polar surface area (TPSA) is 110 Å². The quantitative estimate of drug-likeness (QED) is 0.554. The molecule has 0 unspecified atom stereocenters. The van der Waals surface area contributed by atoms with E-state index in [9.17, 15) is 8.42 Å². The summed E-state index contributed by atoms with van der Waals surface area (Å²) < 4.78 is 27.3. The Hall–Kier alpha value is -1.42. The number of anilines is 2. The van der Waals surface area contributed by atoms with Gasteiger partial charge in [-0.05, 0) is 34.1 Å². The first-order chi connectivity index (χ1) is 9.42. The Bertz CT molecular complexity index is 723.